The van der Waals surface area contributed by atoms with Crippen molar-refractivity contribution in [2.75, 3.05) is 0 Å². The minimum atomic E-state index is -6.56. The van der Waals surface area contributed by atoms with Crippen molar-refractivity contribution in [3.63, 3.8) is 0 Å². The second-order valence-corrected chi connectivity index (χ2v) is 8.99. The molecule has 23 heavy (non-hydrogen) atoms. The number of hydrogen-bond acceptors (Lipinski definition) is 1. The summed E-state index contributed by atoms with van der Waals surface area (Å²) in [4.78, 5) is -0.919. The first-order chi connectivity index (χ1) is 10.1. The standard InChI is InChI=1S/C11H7Br2ClF7OS/c1-5(14)8(13)3-6(12)2-7(4-8)23(22)11(20,21)9(15,16)10(17,18)19/h2-5H,1H3. The Labute approximate surface area is 151 Å². The second kappa shape index (κ2) is 6.69. The van der Waals surface area contributed by atoms with E-state index >= 15 is 0 Å². The van der Waals surface area contributed by atoms with Crippen LogP contribution in [0.1, 0.15) is 6.92 Å². The third-order valence-corrected chi connectivity index (χ3v) is 6.39. The zero-order chi connectivity index (χ0) is 18.4. The van der Waals surface area contributed by atoms with Crippen molar-refractivity contribution in [2.24, 2.45) is 0 Å². The summed E-state index contributed by atoms with van der Waals surface area (Å²) < 4.78 is 100.0. The first-order valence-electron chi connectivity index (χ1n) is 5.59. The van der Waals surface area contributed by atoms with Crippen molar-refractivity contribution >= 4 is 54.6 Å². The highest BCUT2D eigenvalue weighted by Gasteiger charge is 2.80. The Morgan fingerprint density at radius 2 is 1.70 bits per heavy atom. The Morgan fingerprint density at radius 1 is 1.22 bits per heavy atom. The summed E-state index contributed by atoms with van der Waals surface area (Å²) in [6.45, 7) is 1.41. The average Bonchev–Trinajstić information content (AvgIpc) is 2.34. The van der Waals surface area contributed by atoms with Gasteiger partial charge >= 0.3 is 17.4 Å². The first-order valence-corrected chi connectivity index (χ1v) is 8.76. The van der Waals surface area contributed by atoms with E-state index in [1.165, 1.54) is 13.3 Å². The lowest BCUT2D eigenvalue weighted by molar-refractivity contribution is -0.331. The largest absolute Gasteiger partial charge is 0.607 e. The fourth-order valence-electron chi connectivity index (χ4n) is 1.46. The van der Waals surface area contributed by atoms with Crippen molar-refractivity contribution in [1.29, 1.82) is 0 Å². The fraction of sp³-hybridized carbons (Fsp3) is 0.545. The monoisotopic (exact) mass is 513 g/mol. The van der Waals surface area contributed by atoms with Crippen LogP contribution in [-0.2, 0) is 11.2 Å². The Hall–Kier alpha value is 0.550. The SMILES string of the molecule is CC(Cl)C1(Br)[CH]C(Br)=CC([S+]([O-])C(F)(F)C(F)(F)C(F)(F)F)=C1. The van der Waals surface area contributed by atoms with Crippen molar-refractivity contribution in [2.45, 2.75) is 34.0 Å². The molecule has 3 unspecified atom stereocenters. The van der Waals surface area contributed by atoms with Gasteiger partial charge in [0.2, 0.25) is 0 Å². The summed E-state index contributed by atoms with van der Waals surface area (Å²) in [6.07, 6.45) is -3.63. The van der Waals surface area contributed by atoms with Crippen molar-refractivity contribution in [3.8, 4) is 0 Å². The topological polar surface area (TPSA) is 23.1 Å². The fourth-order valence-corrected chi connectivity index (χ4v) is 4.49. The Kier molecular flexibility index (Phi) is 6.29. The molecule has 1 aliphatic carbocycles. The van der Waals surface area contributed by atoms with Gasteiger partial charge in [-0.05, 0) is 13.0 Å². The van der Waals surface area contributed by atoms with Crippen LogP contribution in [0.25, 0.3) is 0 Å². The molecule has 0 spiro atoms. The highest BCUT2D eigenvalue weighted by Crippen LogP contribution is 2.52. The molecule has 0 saturated carbocycles. The van der Waals surface area contributed by atoms with E-state index in [1.807, 2.05) is 0 Å². The molecular formula is C11H7Br2ClF7OS. The van der Waals surface area contributed by atoms with Gasteiger partial charge in [-0.1, -0.05) is 31.9 Å². The number of alkyl halides is 9. The highest BCUT2D eigenvalue weighted by molar-refractivity contribution is 9.12. The van der Waals surface area contributed by atoms with E-state index in [9.17, 15) is 35.3 Å². The summed E-state index contributed by atoms with van der Waals surface area (Å²) in [5.41, 5.74) is 0. The molecule has 0 bridgehead atoms. The third kappa shape index (κ3) is 4.04. The summed E-state index contributed by atoms with van der Waals surface area (Å²) in [5, 5.41) is -6.67. The maximum Gasteiger partial charge on any atom is 0.486 e. The minimum absolute atomic E-state index is 0.0406. The van der Waals surface area contributed by atoms with E-state index in [-0.39, 0.29) is 4.48 Å². The van der Waals surface area contributed by atoms with Crippen LogP contribution in [0.3, 0.4) is 0 Å². The smallest absolute Gasteiger partial charge is 0.486 e. The Bertz CT molecular complexity index is 535. The van der Waals surface area contributed by atoms with E-state index < -0.39 is 43.1 Å². The normalized spacial score (nSPS) is 26.4. The molecule has 0 amide bonds. The van der Waals surface area contributed by atoms with Gasteiger partial charge in [-0.25, -0.2) is 0 Å². The molecular weight excluding hydrogens is 508 g/mol. The molecule has 1 rings (SSSR count). The summed E-state index contributed by atoms with van der Waals surface area (Å²) in [5.74, 6) is -6.46. The first kappa shape index (κ1) is 21.6. The van der Waals surface area contributed by atoms with Gasteiger partial charge in [-0.15, -0.1) is 20.4 Å². The number of rotatable bonds is 4. The van der Waals surface area contributed by atoms with Crippen molar-refractivity contribution < 1.29 is 35.3 Å². The van der Waals surface area contributed by atoms with Crippen LogP contribution in [0.15, 0.2) is 21.5 Å². The van der Waals surface area contributed by atoms with E-state index in [0.717, 1.165) is 12.2 Å². The molecule has 0 fully saturated rings. The van der Waals surface area contributed by atoms with Crippen LogP contribution in [0.2, 0.25) is 0 Å². The third-order valence-electron chi connectivity index (χ3n) is 2.78. The quantitative estimate of drug-likeness (QED) is 0.269. The van der Waals surface area contributed by atoms with E-state index in [2.05, 4.69) is 31.9 Å². The predicted octanol–water partition coefficient (Wildman–Crippen LogP) is 5.67. The van der Waals surface area contributed by atoms with Gasteiger partial charge in [0, 0.05) is 17.0 Å². The molecule has 133 valence electrons. The van der Waals surface area contributed by atoms with E-state index in [1.54, 1.807) is 0 Å². The summed E-state index contributed by atoms with van der Waals surface area (Å²) >= 11 is 7.78. The molecule has 0 aromatic heterocycles. The van der Waals surface area contributed by atoms with Gasteiger partial charge in [-0.2, -0.15) is 22.0 Å². The van der Waals surface area contributed by atoms with Gasteiger partial charge in [0.1, 0.15) is 0 Å². The second-order valence-electron chi connectivity index (χ2n) is 4.52. The zero-order valence-electron chi connectivity index (χ0n) is 10.9. The Balaban J connectivity index is 3.32. The Morgan fingerprint density at radius 3 is 2.09 bits per heavy atom. The summed E-state index contributed by atoms with van der Waals surface area (Å²) in [6, 6.07) is 0. The molecule has 0 N–H and O–H groups in total. The highest BCUT2D eigenvalue weighted by atomic mass is 79.9. The van der Waals surface area contributed by atoms with Crippen molar-refractivity contribution in [3.05, 3.63) is 28.0 Å². The van der Waals surface area contributed by atoms with Gasteiger partial charge in [0.05, 0.1) is 20.9 Å². The molecule has 1 nitrogen and oxygen atoms in total. The van der Waals surface area contributed by atoms with Gasteiger partial charge in [0.15, 0.2) is 4.91 Å². The van der Waals surface area contributed by atoms with E-state index in [4.69, 9.17) is 11.6 Å². The molecule has 1 radical (unpaired) electrons. The maximum atomic E-state index is 13.5. The van der Waals surface area contributed by atoms with Crippen LogP contribution < -0.4 is 0 Å². The molecule has 0 saturated heterocycles. The number of allylic oxidation sites excluding steroid dienone is 3. The van der Waals surface area contributed by atoms with E-state index in [0.29, 0.717) is 0 Å². The molecule has 3 atom stereocenters. The van der Waals surface area contributed by atoms with Gasteiger partial charge in [-0.3, -0.25) is 0 Å². The molecule has 0 heterocycles. The molecule has 12 heteroatoms. The number of halogens is 10. The maximum absolute atomic E-state index is 13.5. The lowest BCUT2D eigenvalue weighted by Gasteiger charge is -2.33. The lowest BCUT2D eigenvalue weighted by atomic mass is 9.97. The molecule has 0 aliphatic heterocycles. The molecule has 0 aromatic rings. The zero-order valence-corrected chi connectivity index (χ0v) is 15.6. The molecule has 0 aromatic carbocycles. The molecule has 1 aliphatic rings. The summed E-state index contributed by atoms with van der Waals surface area (Å²) in [7, 11) is 0. The van der Waals surface area contributed by atoms with Crippen LogP contribution >= 0.6 is 43.5 Å². The van der Waals surface area contributed by atoms with Gasteiger partial charge in [0.25, 0.3) is 0 Å². The lowest BCUT2D eigenvalue weighted by Crippen LogP contribution is -2.56. The van der Waals surface area contributed by atoms with Crippen LogP contribution in [-0.4, -0.2) is 31.6 Å². The van der Waals surface area contributed by atoms with Crippen LogP contribution in [0.4, 0.5) is 30.7 Å². The predicted molar refractivity (Wildman–Crippen MR) is 80.5 cm³/mol. The minimum Gasteiger partial charge on any atom is -0.607 e. The number of hydrogen-bond donors (Lipinski definition) is 0. The average molecular weight is 515 g/mol. The van der Waals surface area contributed by atoms with Crippen LogP contribution in [0, 0.1) is 6.42 Å². The van der Waals surface area contributed by atoms with Crippen molar-refractivity contribution in [1.82, 2.24) is 0 Å². The van der Waals surface area contributed by atoms with Crippen LogP contribution in [0.5, 0.6) is 0 Å². The van der Waals surface area contributed by atoms with Gasteiger partial charge < -0.3 is 4.55 Å².